The van der Waals surface area contributed by atoms with E-state index in [1.807, 2.05) is 0 Å². The smallest absolute Gasteiger partial charge is 0.407 e. The third-order valence-corrected chi connectivity index (χ3v) is 2.80. The largest absolute Gasteiger partial charge is 0.465 e. The van der Waals surface area contributed by atoms with Crippen LogP contribution < -0.4 is 0 Å². The highest BCUT2D eigenvalue weighted by Crippen LogP contribution is 2.18. The summed E-state index contributed by atoms with van der Waals surface area (Å²) in [4.78, 5) is 23.3. The van der Waals surface area contributed by atoms with Crippen LogP contribution in [0.25, 0.3) is 0 Å². The summed E-state index contributed by atoms with van der Waals surface area (Å²) in [6, 6.07) is -0.425. The first-order valence-corrected chi connectivity index (χ1v) is 5.37. The first-order valence-electron chi connectivity index (χ1n) is 4.25. The van der Waals surface area contributed by atoms with E-state index in [1.165, 1.54) is 4.90 Å². The van der Waals surface area contributed by atoms with Crippen LogP contribution in [0.2, 0.25) is 0 Å². The Morgan fingerprint density at radius 2 is 2.15 bits per heavy atom. The van der Waals surface area contributed by atoms with Gasteiger partial charge in [0.25, 0.3) is 0 Å². The van der Waals surface area contributed by atoms with Crippen LogP contribution in [0.1, 0.15) is 19.3 Å². The molecule has 0 radical (unpaired) electrons. The van der Waals surface area contributed by atoms with Gasteiger partial charge in [-0.15, -0.1) is 0 Å². The number of rotatable bonds is 2. The average molecular weight is 250 g/mol. The first-order chi connectivity index (χ1) is 6.16. The van der Waals surface area contributed by atoms with Crippen molar-refractivity contribution in [3.05, 3.63) is 0 Å². The lowest BCUT2D eigenvalue weighted by Crippen LogP contribution is -2.47. The van der Waals surface area contributed by atoms with Crippen LogP contribution >= 0.6 is 15.9 Å². The molecule has 4 nitrogen and oxygen atoms in total. The molecule has 1 N–H and O–H groups in total. The fourth-order valence-electron chi connectivity index (χ4n) is 1.58. The van der Waals surface area contributed by atoms with Gasteiger partial charge < -0.3 is 5.11 Å². The zero-order chi connectivity index (χ0) is 9.84. The molecular weight excluding hydrogens is 238 g/mol. The molecule has 1 rings (SSSR count). The molecule has 0 bridgehead atoms. The minimum Gasteiger partial charge on any atom is -0.465 e. The van der Waals surface area contributed by atoms with Crippen molar-refractivity contribution in [1.29, 1.82) is 0 Å². The lowest BCUT2D eigenvalue weighted by Gasteiger charge is -2.31. The second kappa shape index (κ2) is 4.60. The summed E-state index contributed by atoms with van der Waals surface area (Å²) in [5.74, 6) is -0.0397. The van der Waals surface area contributed by atoms with Gasteiger partial charge in [-0.3, -0.25) is 9.69 Å². The number of carbonyl (C=O) groups excluding carboxylic acids is 1. The molecule has 0 aromatic rings. The fraction of sp³-hybridized carbons (Fsp3) is 0.750. The van der Waals surface area contributed by atoms with E-state index in [2.05, 4.69) is 15.9 Å². The lowest BCUT2D eigenvalue weighted by molar-refractivity contribution is -0.122. The molecule has 1 amide bonds. The summed E-state index contributed by atoms with van der Waals surface area (Å²) in [6.45, 7) is 0.485. The van der Waals surface area contributed by atoms with Crippen molar-refractivity contribution in [1.82, 2.24) is 4.90 Å². The summed E-state index contributed by atoms with van der Waals surface area (Å²) in [5, 5.41) is 9.05. The Bertz CT molecular complexity index is 219. The summed E-state index contributed by atoms with van der Waals surface area (Å²) >= 11 is 3.06. The van der Waals surface area contributed by atoms with Gasteiger partial charge in [0.2, 0.25) is 0 Å². The van der Waals surface area contributed by atoms with E-state index in [4.69, 9.17) is 5.11 Å². The standard InChI is InChI=1S/C8H12BrNO3/c9-5-7(11)6-3-1-2-4-10(6)8(12)13/h6H,1-5H2,(H,12,13). The highest BCUT2D eigenvalue weighted by Gasteiger charge is 2.30. The molecule has 5 heteroatoms. The maximum atomic E-state index is 11.3. The Morgan fingerprint density at radius 1 is 1.46 bits per heavy atom. The quantitative estimate of drug-likeness (QED) is 0.755. The van der Waals surface area contributed by atoms with Crippen molar-refractivity contribution in [3.63, 3.8) is 0 Å². The summed E-state index contributed by atoms with van der Waals surface area (Å²) in [6.07, 6.45) is 1.47. The number of nitrogens with zero attached hydrogens (tertiary/aromatic N) is 1. The molecule has 0 aromatic heterocycles. The van der Waals surface area contributed by atoms with Crippen LogP contribution in [-0.4, -0.2) is 39.8 Å². The zero-order valence-electron chi connectivity index (χ0n) is 7.20. The Morgan fingerprint density at radius 3 is 2.69 bits per heavy atom. The van der Waals surface area contributed by atoms with Gasteiger partial charge in [0.05, 0.1) is 11.4 Å². The number of hydrogen-bond acceptors (Lipinski definition) is 2. The number of carbonyl (C=O) groups is 2. The molecule has 1 saturated heterocycles. The number of likely N-dealkylation sites (tertiary alicyclic amines) is 1. The van der Waals surface area contributed by atoms with E-state index in [0.717, 1.165) is 12.8 Å². The minimum atomic E-state index is -0.987. The highest BCUT2D eigenvalue weighted by molar-refractivity contribution is 9.09. The Labute approximate surface area is 85.0 Å². The van der Waals surface area contributed by atoms with E-state index in [9.17, 15) is 9.59 Å². The maximum absolute atomic E-state index is 11.3. The second-order valence-electron chi connectivity index (χ2n) is 3.09. The van der Waals surface area contributed by atoms with Gasteiger partial charge in [-0.25, -0.2) is 4.79 Å². The number of carboxylic acid groups (broad SMARTS) is 1. The average Bonchev–Trinajstić information content (AvgIpc) is 2.16. The van der Waals surface area contributed by atoms with Crippen LogP contribution in [0.5, 0.6) is 0 Å². The van der Waals surface area contributed by atoms with Gasteiger partial charge in [-0.1, -0.05) is 15.9 Å². The molecule has 1 aliphatic rings. The monoisotopic (exact) mass is 249 g/mol. The third-order valence-electron chi connectivity index (χ3n) is 2.25. The summed E-state index contributed by atoms with van der Waals surface area (Å²) in [7, 11) is 0. The van der Waals surface area contributed by atoms with Gasteiger partial charge in [-0.05, 0) is 19.3 Å². The minimum absolute atomic E-state index is 0.0397. The van der Waals surface area contributed by atoms with Gasteiger partial charge in [0.1, 0.15) is 0 Å². The normalized spacial score (nSPS) is 22.8. The predicted octanol–water partition coefficient (Wildman–Crippen LogP) is 1.48. The number of ketones is 1. The molecular formula is C8H12BrNO3. The van der Waals surface area contributed by atoms with E-state index in [1.54, 1.807) is 0 Å². The van der Waals surface area contributed by atoms with Crippen LogP contribution in [0.15, 0.2) is 0 Å². The van der Waals surface area contributed by atoms with Crippen LogP contribution in [0.4, 0.5) is 4.79 Å². The molecule has 0 saturated carbocycles. The van der Waals surface area contributed by atoms with Crippen molar-refractivity contribution >= 4 is 27.8 Å². The molecule has 13 heavy (non-hydrogen) atoms. The number of amides is 1. The number of halogens is 1. The molecule has 0 aromatic carbocycles. The summed E-state index contributed by atoms with van der Waals surface area (Å²) in [5.41, 5.74) is 0. The Kier molecular flexibility index (Phi) is 3.71. The number of piperidine rings is 1. The number of hydrogen-bond donors (Lipinski definition) is 1. The molecule has 1 fully saturated rings. The van der Waals surface area contributed by atoms with Crippen LogP contribution in [0, 0.1) is 0 Å². The van der Waals surface area contributed by atoms with Crippen molar-refractivity contribution in [2.75, 3.05) is 11.9 Å². The molecule has 1 atom stereocenters. The zero-order valence-corrected chi connectivity index (χ0v) is 8.79. The van der Waals surface area contributed by atoms with Crippen molar-refractivity contribution in [2.24, 2.45) is 0 Å². The molecule has 1 aliphatic heterocycles. The van der Waals surface area contributed by atoms with Gasteiger partial charge in [0.15, 0.2) is 5.78 Å². The van der Waals surface area contributed by atoms with Crippen LogP contribution in [0.3, 0.4) is 0 Å². The predicted molar refractivity (Wildman–Crippen MR) is 51.2 cm³/mol. The van der Waals surface area contributed by atoms with Gasteiger partial charge >= 0.3 is 6.09 Å². The molecule has 1 heterocycles. The van der Waals surface area contributed by atoms with Crippen LogP contribution in [-0.2, 0) is 4.79 Å². The summed E-state index contributed by atoms with van der Waals surface area (Å²) < 4.78 is 0. The van der Waals surface area contributed by atoms with E-state index < -0.39 is 12.1 Å². The van der Waals surface area contributed by atoms with E-state index >= 15 is 0 Å². The number of Topliss-reactive ketones (excluding diaryl/α,β-unsaturated/α-hetero) is 1. The van der Waals surface area contributed by atoms with Crippen molar-refractivity contribution < 1.29 is 14.7 Å². The van der Waals surface area contributed by atoms with Gasteiger partial charge in [0, 0.05) is 6.54 Å². The maximum Gasteiger partial charge on any atom is 0.407 e. The Hall–Kier alpha value is -0.580. The van der Waals surface area contributed by atoms with Gasteiger partial charge in [-0.2, -0.15) is 0 Å². The fourth-order valence-corrected chi connectivity index (χ4v) is 1.96. The molecule has 1 unspecified atom stereocenters. The molecule has 74 valence electrons. The van der Waals surface area contributed by atoms with E-state index in [-0.39, 0.29) is 11.1 Å². The lowest BCUT2D eigenvalue weighted by atomic mass is 10.00. The Balaban J connectivity index is 2.67. The topological polar surface area (TPSA) is 57.6 Å². The SMILES string of the molecule is O=C(CBr)C1CCCCN1C(=O)O. The number of alkyl halides is 1. The third kappa shape index (κ3) is 2.43. The molecule has 0 aliphatic carbocycles. The van der Waals surface area contributed by atoms with Crippen molar-refractivity contribution in [3.8, 4) is 0 Å². The van der Waals surface area contributed by atoms with E-state index in [0.29, 0.717) is 13.0 Å². The van der Waals surface area contributed by atoms with Crippen molar-refractivity contribution in [2.45, 2.75) is 25.3 Å². The first kappa shape index (κ1) is 10.5. The second-order valence-corrected chi connectivity index (χ2v) is 3.65. The molecule has 0 spiro atoms. The highest BCUT2D eigenvalue weighted by atomic mass is 79.9.